The van der Waals surface area contributed by atoms with Crippen LogP contribution < -0.4 is 9.21 Å². The Balaban J connectivity index is 2.43. The molecule has 1 aliphatic rings. The van der Waals surface area contributed by atoms with E-state index in [1.807, 2.05) is 0 Å². The maximum absolute atomic E-state index is 12.5. The summed E-state index contributed by atoms with van der Waals surface area (Å²) >= 11 is 0. The SMILES string of the molecule is CN1C(=O)c2ccccc2N(S(C)(=O)=O)c2ncncc21. The molecule has 1 aliphatic heterocycles. The molecule has 3 rings (SSSR count). The molecular formula is C13H12N4O3S. The second kappa shape index (κ2) is 4.52. The number of para-hydroxylation sites is 1. The number of fused-ring (bicyclic) bond motifs is 2. The number of rotatable bonds is 1. The molecule has 1 aromatic heterocycles. The molecule has 0 atom stereocenters. The number of hydrogen-bond acceptors (Lipinski definition) is 5. The second-order valence-corrected chi connectivity index (χ2v) is 6.47. The van der Waals surface area contributed by atoms with Gasteiger partial charge >= 0.3 is 0 Å². The van der Waals surface area contributed by atoms with Crippen LogP contribution in [0.4, 0.5) is 17.2 Å². The molecular weight excluding hydrogens is 292 g/mol. The van der Waals surface area contributed by atoms with Crippen LogP contribution in [0.2, 0.25) is 0 Å². The van der Waals surface area contributed by atoms with Crippen LogP contribution in [0.3, 0.4) is 0 Å². The minimum Gasteiger partial charge on any atom is -0.307 e. The molecule has 2 heterocycles. The first-order valence-corrected chi connectivity index (χ1v) is 7.93. The molecule has 2 aromatic rings. The van der Waals surface area contributed by atoms with E-state index in [0.717, 1.165) is 10.6 Å². The van der Waals surface area contributed by atoms with E-state index in [4.69, 9.17) is 0 Å². The zero-order valence-corrected chi connectivity index (χ0v) is 12.2. The summed E-state index contributed by atoms with van der Waals surface area (Å²) in [7, 11) is -2.10. The summed E-state index contributed by atoms with van der Waals surface area (Å²) in [6.07, 6.45) is 3.75. The number of hydrogen-bond donors (Lipinski definition) is 0. The number of carbonyl (C=O) groups is 1. The zero-order chi connectivity index (χ0) is 15.2. The lowest BCUT2D eigenvalue weighted by molar-refractivity contribution is 0.0994. The second-order valence-electron chi connectivity index (χ2n) is 4.64. The molecule has 0 unspecified atom stereocenters. The topological polar surface area (TPSA) is 83.5 Å². The van der Waals surface area contributed by atoms with E-state index in [1.54, 1.807) is 31.3 Å². The van der Waals surface area contributed by atoms with Gasteiger partial charge in [0, 0.05) is 7.05 Å². The third-order valence-electron chi connectivity index (χ3n) is 3.22. The minimum absolute atomic E-state index is 0.160. The van der Waals surface area contributed by atoms with Crippen LogP contribution in [-0.2, 0) is 10.0 Å². The van der Waals surface area contributed by atoms with Gasteiger partial charge in [-0.15, -0.1) is 0 Å². The fraction of sp³-hybridized carbons (Fsp3) is 0.154. The molecule has 0 saturated carbocycles. The van der Waals surface area contributed by atoms with Crippen molar-refractivity contribution in [2.24, 2.45) is 0 Å². The van der Waals surface area contributed by atoms with Gasteiger partial charge in [-0.2, -0.15) is 0 Å². The van der Waals surface area contributed by atoms with Gasteiger partial charge in [0.1, 0.15) is 12.0 Å². The predicted octanol–water partition coefficient (Wildman–Crippen LogP) is 1.16. The van der Waals surface area contributed by atoms with Crippen molar-refractivity contribution in [2.75, 3.05) is 22.5 Å². The maximum Gasteiger partial charge on any atom is 0.260 e. The number of sulfonamides is 1. The number of carbonyl (C=O) groups excluding carboxylic acids is 1. The van der Waals surface area contributed by atoms with Gasteiger partial charge in [0.25, 0.3) is 5.91 Å². The zero-order valence-electron chi connectivity index (χ0n) is 11.4. The molecule has 21 heavy (non-hydrogen) atoms. The first-order valence-electron chi connectivity index (χ1n) is 6.08. The first-order chi connectivity index (χ1) is 9.91. The fourth-order valence-electron chi connectivity index (χ4n) is 2.28. The van der Waals surface area contributed by atoms with E-state index < -0.39 is 10.0 Å². The highest BCUT2D eigenvalue weighted by atomic mass is 32.2. The number of amides is 1. The Labute approximate surface area is 121 Å². The minimum atomic E-state index is -3.66. The van der Waals surface area contributed by atoms with Gasteiger partial charge in [-0.05, 0) is 12.1 Å². The number of benzene rings is 1. The van der Waals surface area contributed by atoms with E-state index in [0.29, 0.717) is 11.3 Å². The van der Waals surface area contributed by atoms with Gasteiger partial charge < -0.3 is 4.90 Å². The van der Waals surface area contributed by atoms with Crippen LogP contribution in [0.25, 0.3) is 0 Å². The van der Waals surface area contributed by atoms with Gasteiger partial charge in [-0.3, -0.25) is 4.79 Å². The Morgan fingerprint density at radius 2 is 1.86 bits per heavy atom. The molecule has 1 amide bonds. The van der Waals surface area contributed by atoms with Gasteiger partial charge in [0.15, 0.2) is 5.82 Å². The fourth-order valence-corrected chi connectivity index (χ4v) is 3.25. The Kier molecular flexibility index (Phi) is 2.91. The normalized spacial score (nSPS) is 14.5. The Bertz CT molecular complexity index is 835. The highest BCUT2D eigenvalue weighted by Crippen LogP contribution is 2.39. The molecule has 0 spiro atoms. The van der Waals surface area contributed by atoms with Crippen molar-refractivity contribution < 1.29 is 13.2 Å². The van der Waals surface area contributed by atoms with Crippen molar-refractivity contribution in [2.45, 2.75) is 0 Å². The summed E-state index contributed by atoms with van der Waals surface area (Å²) < 4.78 is 25.5. The molecule has 0 aliphatic carbocycles. The summed E-state index contributed by atoms with van der Waals surface area (Å²) in [4.78, 5) is 21.8. The van der Waals surface area contributed by atoms with Gasteiger partial charge in [-0.25, -0.2) is 22.7 Å². The summed E-state index contributed by atoms with van der Waals surface area (Å²) in [5.41, 5.74) is 0.918. The van der Waals surface area contributed by atoms with Crippen LogP contribution in [0, 0.1) is 0 Å². The molecule has 8 heteroatoms. The van der Waals surface area contributed by atoms with Crippen LogP contribution in [0.15, 0.2) is 36.8 Å². The quantitative estimate of drug-likeness (QED) is 0.789. The number of anilines is 3. The van der Waals surface area contributed by atoms with Crippen molar-refractivity contribution in [3.05, 3.63) is 42.4 Å². The monoisotopic (exact) mass is 304 g/mol. The Morgan fingerprint density at radius 3 is 2.57 bits per heavy atom. The highest BCUT2D eigenvalue weighted by molar-refractivity contribution is 7.92. The molecule has 1 aromatic carbocycles. The van der Waals surface area contributed by atoms with Crippen molar-refractivity contribution in [1.82, 2.24) is 9.97 Å². The molecule has 7 nitrogen and oxygen atoms in total. The number of nitrogens with zero attached hydrogens (tertiary/aromatic N) is 4. The van der Waals surface area contributed by atoms with E-state index in [-0.39, 0.29) is 17.4 Å². The van der Waals surface area contributed by atoms with Crippen molar-refractivity contribution in [3.63, 3.8) is 0 Å². The third-order valence-corrected chi connectivity index (χ3v) is 4.25. The molecule has 0 N–H and O–H groups in total. The van der Waals surface area contributed by atoms with Crippen molar-refractivity contribution in [1.29, 1.82) is 0 Å². The van der Waals surface area contributed by atoms with Crippen LogP contribution in [0.1, 0.15) is 10.4 Å². The lowest BCUT2D eigenvalue weighted by Crippen LogP contribution is -2.26. The highest BCUT2D eigenvalue weighted by Gasteiger charge is 2.34. The van der Waals surface area contributed by atoms with E-state index >= 15 is 0 Å². The largest absolute Gasteiger partial charge is 0.307 e. The average Bonchev–Trinajstić information content (AvgIpc) is 2.54. The molecule has 108 valence electrons. The van der Waals surface area contributed by atoms with Gasteiger partial charge in [0.2, 0.25) is 10.0 Å². The molecule has 0 saturated heterocycles. The van der Waals surface area contributed by atoms with Crippen LogP contribution in [0.5, 0.6) is 0 Å². The summed E-state index contributed by atoms with van der Waals surface area (Å²) in [5, 5.41) is 0. The van der Waals surface area contributed by atoms with Crippen molar-refractivity contribution in [3.8, 4) is 0 Å². The van der Waals surface area contributed by atoms with E-state index in [1.165, 1.54) is 17.4 Å². The Hall–Kier alpha value is -2.48. The number of aromatic nitrogens is 2. The summed E-state index contributed by atoms with van der Waals surface area (Å²) in [6.45, 7) is 0. The lowest BCUT2D eigenvalue weighted by atomic mass is 10.1. The Morgan fingerprint density at radius 1 is 1.14 bits per heavy atom. The standard InChI is InChI=1S/C13H12N4O3S/c1-16-11-7-14-8-15-12(11)17(21(2,19)20)10-6-4-3-5-9(10)13(16)18/h3-8H,1-2H3. The predicted molar refractivity (Wildman–Crippen MR) is 78.2 cm³/mol. The van der Waals surface area contributed by atoms with E-state index in [9.17, 15) is 13.2 Å². The maximum atomic E-state index is 12.5. The average molecular weight is 304 g/mol. The summed E-state index contributed by atoms with van der Waals surface area (Å²) in [5.74, 6) is -0.152. The van der Waals surface area contributed by atoms with Crippen LogP contribution >= 0.6 is 0 Å². The third kappa shape index (κ3) is 2.04. The lowest BCUT2D eigenvalue weighted by Gasteiger charge is -2.22. The summed E-state index contributed by atoms with van der Waals surface area (Å²) in [6, 6.07) is 6.54. The van der Waals surface area contributed by atoms with Crippen molar-refractivity contribution >= 4 is 33.1 Å². The smallest absolute Gasteiger partial charge is 0.260 e. The van der Waals surface area contributed by atoms with Gasteiger partial charge in [-0.1, -0.05) is 12.1 Å². The van der Waals surface area contributed by atoms with Crippen LogP contribution in [-0.4, -0.2) is 37.6 Å². The molecule has 0 fully saturated rings. The van der Waals surface area contributed by atoms with Gasteiger partial charge in [0.05, 0.1) is 23.7 Å². The van der Waals surface area contributed by atoms with E-state index in [2.05, 4.69) is 9.97 Å². The molecule has 0 bridgehead atoms. The first kappa shape index (κ1) is 13.5. The molecule has 0 radical (unpaired) electrons.